The first-order chi connectivity index (χ1) is 7.71. The monoisotopic (exact) mass is 238 g/mol. The summed E-state index contributed by atoms with van der Waals surface area (Å²) in [6, 6.07) is 2.23. The summed E-state index contributed by atoms with van der Waals surface area (Å²) in [5, 5.41) is 15.9. The lowest BCUT2D eigenvalue weighted by Crippen LogP contribution is -2.16. The number of aromatic nitrogens is 3. The molecule has 16 heavy (non-hydrogen) atoms. The van der Waals surface area contributed by atoms with Gasteiger partial charge in [-0.3, -0.25) is 4.57 Å². The Balaban J connectivity index is 2.00. The van der Waals surface area contributed by atoms with Crippen LogP contribution in [0.5, 0.6) is 0 Å². The summed E-state index contributed by atoms with van der Waals surface area (Å²) in [6.45, 7) is 2.55. The van der Waals surface area contributed by atoms with E-state index < -0.39 is 0 Å². The van der Waals surface area contributed by atoms with E-state index in [0.717, 1.165) is 23.8 Å². The van der Waals surface area contributed by atoms with Crippen molar-refractivity contribution in [3.63, 3.8) is 0 Å². The summed E-state index contributed by atoms with van der Waals surface area (Å²) in [6.07, 6.45) is 2.85. The fourth-order valence-corrected chi connectivity index (χ4v) is 2.93. The van der Waals surface area contributed by atoms with E-state index in [1.807, 2.05) is 6.92 Å². The number of nitriles is 1. The molecule has 0 spiro atoms. The molecule has 1 aliphatic rings. The predicted octanol–water partition coefficient (Wildman–Crippen LogP) is 1.38. The van der Waals surface area contributed by atoms with Gasteiger partial charge in [0, 0.05) is 18.7 Å². The van der Waals surface area contributed by atoms with Gasteiger partial charge in [0.25, 0.3) is 0 Å². The fourth-order valence-electron chi connectivity index (χ4n) is 1.63. The predicted molar refractivity (Wildman–Crippen MR) is 61.1 cm³/mol. The molecule has 1 aliphatic carbocycles. The molecular formula is C10H14N4OS. The first-order valence-electron chi connectivity index (χ1n) is 5.36. The molecule has 0 unspecified atom stereocenters. The zero-order valence-electron chi connectivity index (χ0n) is 9.19. The van der Waals surface area contributed by atoms with Crippen LogP contribution in [0.15, 0.2) is 9.95 Å². The van der Waals surface area contributed by atoms with Gasteiger partial charge in [-0.1, -0.05) is 11.8 Å². The summed E-state index contributed by atoms with van der Waals surface area (Å²) < 4.78 is 1.62. The van der Waals surface area contributed by atoms with Crippen LogP contribution in [0.4, 0.5) is 0 Å². The van der Waals surface area contributed by atoms with Crippen LogP contribution in [0, 0.1) is 16.7 Å². The highest BCUT2D eigenvalue weighted by atomic mass is 32.2. The van der Waals surface area contributed by atoms with Crippen molar-refractivity contribution < 1.29 is 0 Å². The molecule has 0 amide bonds. The van der Waals surface area contributed by atoms with Crippen LogP contribution in [-0.2, 0) is 6.54 Å². The zero-order valence-corrected chi connectivity index (χ0v) is 10.0. The first-order valence-corrected chi connectivity index (χ1v) is 6.34. The Kier molecular flexibility index (Phi) is 3.06. The summed E-state index contributed by atoms with van der Waals surface area (Å²) in [5.74, 6) is 0.880. The minimum absolute atomic E-state index is 0.157. The van der Waals surface area contributed by atoms with Crippen LogP contribution in [0.25, 0.3) is 0 Å². The topological polar surface area (TPSA) is 74.5 Å². The molecule has 0 saturated heterocycles. The van der Waals surface area contributed by atoms with Crippen molar-refractivity contribution in [1.29, 1.82) is 5.26 Å². The fraction of sp³-hybridized carbons (Fsp3) is 0.700. The quantitative estimate of drug-likeness (QED) is 0.786. The first kappa shape index (κ1) is 11.3. The van der Waals surface area contributed by atoms with Crippen molar-refractivity contribution in [2.75, 3.05) is 5.75 Å². The van der Waals surface area contributed by atoms with Crippen molar-refractivity contribution in [3.05, 3.63) is 10.5 Å². The number of aromatic amines is 1. The maximum absolute atomic E-state index is 11.3. The smallest absolute Gasteiger partial charge is 0.270 e. The molecule has 86 valence electrons. The third-order valence-corrected chi connectivity index (χ3v) is 4.28. The van der Waals surface area contributed by atoms with E-state index in [0.29, 0.717) is 13.0 Å². The Bertz CT molecular complexity index is 466. The largest absolute Gasteiger partial charge is 0.343 e. The van der Waals surface area contributed by atoms with Gasteiger partial charge in [0.15, 0.2) is 5.16 Å². The number of rotatable bonds is 5. The Labute approximate surface area is 97.8 Å². The van der Waals surface area contributed by atoms with Crippen LogP contribution in [0.3, 0.4) is 0 Å². The van der Waals surface area contributed by atoms with E-state index in [1.54, 1.807) is 16.3 Å². The molecule has 2 rings (SSSR count). The third kappa shape index (κ3) is 2.14. The van der Waals surface area contributed by atoms with E-state index in [2.05, 4.69) is 16.3 Å². The number of thioether (sulfide) groups is 1. The Hall–Kier alpha value is -1.22. The number of nitrogens with zero attached hydrogens (tertiary/aromatic N) is 3. The molecule has 6 heteroatoms. The van der Waals surface area contributed by atoms with Crippen LogP contribution in [-0.4, -0.2) is 20.5 Å². The number of H-pyrrole nitrogens is 1. The van der Waals surface area contributed by atoms with E-state index in [4.69, 9.17) is 5.26 Å². The highest BCUT2D eigenvalue weighted by Crippen LogP contribution is 2.51. The van der Waals surface area contributed by atoms with E-state index in [9.17, 15) is 4.79 Å². The van der Waals surface area contributed by atoms with Gasteiger partial charge in [-0.15, -0.1) is 5.10 Å². The number of hydrogen-bond donors (Lipinski definition) is 1. The minimum Gasteiger partial charge on any atom is -0.270 e. The van der Waals surface area contributed by atoms with Crippen molar-refractivity contribution >= 4 is 11.8 Å². The highest BCUT2D eigenvalue weighted by Gasteiger charge is 2.42. The van der Waals surface area contributed by atoms with Gasteiger partial charge in [0.2, 0.25) is 0 Å². The molecule has 0 bridgehead atoms. The molecule has 1 aromatic heterocycles. The maximum Gasteiger partial charge on any atom is 0.343 e. The second kappa shape index (κ2) is 4.34. The van der Waals surface area contributed by atoms with E-state index >= 15 is 0 Å². The molecule has 0 radical (unpaired) electrons. The second-order valence-electron chi connectivity index (χ2n) is 4.18. The standard InChI is InChI=1S/C10H14N4OS/c1-2-14-8(15)12-13-9(14)16-7-10(3-4-10)5-6-11/h2-5,7H2,1H3,(H,12,15). The van der Waals surface area contributed by atoms with Crippen LogP contribution in [0.2, 0.25) is 0 Å². The third-order valence-electron chi connectivity index (χ3n) is 2.96. The van der Waals surface area contributed by atoms with Gasteiger partial charge >= 0.3 is 5.69 Å². The van der Waals surface area contributed by atoms with Gasteiger partial charge in [0.05, 0.1) is 6.07 Å². The minimum atomic E-state index is -0.157. The molecular weight excluding hydrogens is 224 g/mol. The average Bonchev–Trinajstić information content (AvgIpc) is 2.94. The Morgan fingerprint density at radius 1 is 1.69 bits per heavy atom. The molecule has 0 atom stereocenters. The summed E-state index contributed by atoms with van der Waals surface area (Å²) in [7, 11) is 0. The molecule has 1 N–H and O–H groups in total. The molecule has 1 fully saturated rings. The second-order valence-corrected chi connectivity index (χ2v) is 5.12. The molecule has 5 nitrogen and oxygen atoms in total. The lowest BCUT2D eigenvalue weighted by atomic mass is 10.1. The maximum atomic E-state index is 11.3. The molecule has 1 saturated carbocycles. The van der Waals surface area contributed by atoms with Crippen LogP contribution >= 0.6 is 11.8 Å². The summed E-state index contributed by atoms with van der Waals surface area (Å²) in [4.78, 5) is 11.3. The molecule has 0 aromatic carbocycles. The molecule has 1 aromatic rings. The number of hydrogen-bond acceptors (Lipinski definition) is 4. The van der Waals surface area contributed by atoms with Gasteiger partial charge in [-0.2, -0.15) is 5.26 Å². The lowest BCUT2D eigenvalue weighted by molar-refractivity contribution is 0.599. The Morgan fingerprint density at radius 3 is 3.00 bits per heavy atom. The molecule has 0 aliphatic heterocycles. The van der Waals surface area contributed by atoms with Crippen LogP contribution in [0.1, 0.15) is 26.2 Å². The van der Waals surface area contributed by atoms with Crippen molar-refractivity contribution in [2.24, 2.45) is 5.41 Å². The zero-order chi connectivity index (χ0) is 11.6. The van der Waals surface area contributed by atoms with Gasteiger partial charge < -0.3 is 0 Å². The highest BCUT2D eigenvalue weighted by molar-refractivity contribution is 7.99. The van der Waals surface area contributed by atoms with Gasteiger partial charge in [0.1, 0.15) is 0 Å². The van der Waals surface area contributed by atoms with Gasteiger partial charge in [-0.05, 0) is 25.2 Å². The SMILES string of the molecule is CCn1c(SCC2(CC#N)CC2)n[nH]c1=O. The van der Waals surface area contributed by atoms with Crippen molar-refractivity contribution in [2.45, 2.75) is 37.9 Å². The van der Waals surface area contributed by atoms with Crippen molar-refractivity contribution in [1.82, 2.24) is 14.8 Å². The van der Waals surface area contributed by atoms with Crippen LogP contribution < -0.4 is 5.69 Å². The average molecular weight is 238 g/mol. The van der Waals surface area contributed by atoms with Gasteiger partial charge in [-0.25, -0.2) is 9.89 Å². The normalized spacial score (nSPS) is 17.0. The summed E-state index contributed by atoms with van der Waals surface area (Å²) >= 11 is 1.57. The van der Waals surface area contributed by atoms with E-state index in [1.165, 1.54) is 0 Å². The van der Waals surface area contributed by atoms with E-state index in [-0.39, 0.29) is 11.1 Å². The van der Waals surface area contributed by atoms with Crippen molar-refractivity contribution in [3.8, 4) is 6.07 Å². The lowest BCUT2D eigenvalue weighted by Gasteiger charge is -2.09. The number of nitrogens with one attached hydrogen (secondary N) is 1. The Morgan fingerprint density at radius 2 is 2.44 bits per heavy atom. The molecule has 1 heterocycles. The summed E-state index contributed by atoms with van der Waals surface area (Å²) in [5.41, 5.74) is 0.0302.